The Labute approximate surface area is 104 Å². The lowest BCUT2D eigenvalue weighted by Gasteiger charge is -2.15. The van der Waals surface area contributed by atoms with Gasteiger partial charge >= 0.3 is 5.69 Å². The van der Waals surface area contributed by atoms with E-state index in [1.807, 2.05) is 13.8 Å². The van der Waals surface area contributed by atoms with Crippen LogP contribution in [-0.4, -0.2) is 27.4 Å². The molecule has 2 N–H and O–H groups in total. The van der Waals surface area contributed by atoms with Gasteiger partial charge in [-0.2, -0.15) is 0 Å². The molecule has 0 bridgehead atoms. The van der Waals surface area contributed by atoms with E-state index in [0.717, 1.165) is 0 Å². The van der Waals surface area contributed by atoms with Crippen molar-refractivity contribution in [3.63, 3.8) is 0 Å². The van der Waals surface area contributed by atoms with Gasteiger partial charge in [0.1, 0.15) is 6.23 Å². The van der Waals surface area contributed by atoms with Crippen molar-refractivity contribution in [3.8, 4) is 0 Å². The van der Waals surface area contributed by atoms with Crippen molar-refractivity contribution in [2.45, 2.75) is 39.0 Å². The van der Waals surface area contributed by atoms with Crippen molar-refractivity contribution in [2.75, 3.05) is 6.61 Å². The molecule has 6 heteroatoms. The number of aromatic amines is 1. The van der Waals surface area contributed by atoms with E-state index >= 15 is 0 Å². The molecular weight excluding hydrogens is 236 g/mol. The van der Waals surface area contributed by atoms with Crippen LogP contribution >= 0.6 is 0 Å². The second kappa shape index (κ2) is 5.07. The zero-order chi connectivity index (χ0) is 13.3. The monoisotopic (exact) mass is 254 g/mol. The Bertz CT molecular complexity index is 534. The average molecular weight is 254 g/mol. The summed E-state index contributed by atoms with van der Waals surface area (Å²) in [6, 6.07) is 0. The van der Waals surface area contributed by atoms with Gasteiger partial charge in [-0.05, 0) is 18.8 Å². The van der Waals surface area contributed by atoms with Crippen molar-refractivity contribution >= 4 is 0 Å². The van der Waals surface area contributed by atoms with Crippen LogP contribution in [0.5, 0.6) is 0 Å². The number of H-pyrrole nitrogens is 1. The normalized spacial score (nSPS) is 27.6. The Morgan fingerprint density at radius 3 is 2.83 bits per heavy atom. The summed E-state index contributed by atoms with van der Waals surface area (Å²) in [6.07, 6.45) is 2.10. The predicted octanol–water partition coefficient (Wildman–Crippen LogP) is 0.0149. The molecule has 2 rings (SSSR count). The number of nitrogens with zero attached hydrogens (tertiary/aromatic N) is 1. The van der Waals surface area contributed by atoms with Gasteiger partial charge in [-0.3, -0.25) is 14.3 Å². The summed E-state index contributed by atoms with van der Waals surface area (Å²) in [4.78, 5) is 25.5. The number of aliphatic hydroxyl groups excluding tert-OH is 1. The number of ether oxygens (including phenoxy) is 1. The minimum atomic E-state index is -0.465. The summed E-state index contributed by atoms with van der Waals surface area (Å²) >= 11 is 0. The first-order chi connectivity index (χ1) is 8.56. The van der Waals surface area contributed by atoms with Crippen LogP contribution in [-0.2, 0) is 11.2 Å². The first-order valence-corrected chi connectivity index (χ1v) is 6.17. The number of aryl methyl sites for hydroxylation is 1. The smallest absolute Gasteiger partial charge is 0.330 e. The summed E-state index contributed by atoms with van der Waals surface area (Å²) in [5.74, 6) is 0.184. The topological polar surface area (TPSA) is 84.3 Å². The summed E-state index contributed by atoms with van der Waals surface area (Å²) < 4.78 is 7.03. The number of rotatable bonds is 3. The van der Waals surface area contributed by atoms with Crippen LogP contribution in [0.4, 0.5) is 0 Å². The van der Waals surface area contributed by atoms with Crippen LogP contribution in [0.15, 0.2) is 15.8 Å². The first kappa shape index (κ1) is 13.0. The summed E-state index contributed by atoms with van der Waals surface area (Å²) in [7, 11) is 0. The third-order valence-electron chi connectivity index (χ3n) is 3.45. The minimum absolute atomic E-state index is 0.0591. The van der Waals surface area contributed by atoms with Crippen LogP contribution in [0.25, 0.3) is 0 Å². The maximum absolute atomic E-state index is 11.8. The second-order valence-electron chi connectivity index (χ2n) is 4.70. The summed E-state index contributed by atoms with van der Waals surface area (Å²) in [5, 5.41) is 9.15. The fraction of sp³-hybridized carbons (Fsp3) is 0.667. The molecule has 1 aliphatic heterocycles. The molecule has 1 aromatic rings. The fourth-order valence-electron chi connectivity index (χ4n) is 2.26. The molecule has 18 heavy (non-hydrogen) atoms. The minimum Gasteiger partial charge on any atom is -0.394 e. The van der Waals surface area contributed by atoms with Gasteiger partial charge in [0.05, 0.1) is 12.7 Å². The van der Waals surface area contributed by atoms with Crippen molar-refractivity contribution in [3.05, 3.63) is 32.6 Å². The molecule has 1 aliphatic rings. The summed E-state index contributed by atoms with van der Waals surface area (Å²) in [5.41, 5.74) is -0.255. The highest BCUT2D eigenvalue weighted by molar-refractivity contribution is 5.04. The Kier molecular flexibility index (Phi) is 3.68. The molecule has 100 valence electrons. The highest BCUT2D eigenvalue weighted by Crippen LogP contribution is 2.31. The first-order valence-electron chi connectivity index (χ1n) is 6.17. The van der Waals surface area contributed by atoms with Crippen LogP contribution in [0.2, 0.25) is 0 Å². The van der Waals surface area contributed by atoms with E-state index in [1.54, 1.807) is 6.20 Å². The van der Waals surface area contributed by atoms with Gasteiger partial charge in [-0.15, -0.1) is 0 Å². The number of aliphatic hydroxyl groups is 1. The van der Waals surface area contributed by atoms with Gasteiger partial charge in [0.15, 0.2) is 0 Å². The number of nitrogens with one attached hydrogen (secondary N) is 1. The molecule has 2 heterocycles. The molecule has 0 unspecified atom stereocenters. The molecule has 1 aromatic heterocycles. The molecule has 3 atom stereocenters. The maximum atomic E-state index is 11.8. The largest absolute Gasteiger partial charge is 0.394 e. The van der Waals surface area contributed by atoms with E-state index in [0.29, 0.717) is 18.4 Å². The third-order valence-corrected chi connectivity index (χ3v) is 3.45. The lowest BCUT2D eigenvalue weighted by atomic mass is 10.0. The van der Waals surface area contributed by atoms with Crippen LogP contribution in [0.1, 0.15) is 32.1 Å². The summed E-state index contributed by atoms with van der Waals surface area (Å²) in [6.45, 7) is 3.77. The molecule has 0 radical (unpaired) electrons. The Morgan fingerprint density at radius 1 is 1.56 bits per heavy atom. The Balaban J connectivity index is 2.35. The molecular formula is C12H18N2O4. The molecule has 0 aromatic carbocycles. The number of hydrogen-bond acceptors (Lipinski definition) is 4. The maximum Gasteiger partial charge on any atom is 0.330 e. The SMILES string of the molecule is CCc1cn([C@H]2C[C@H](C)[C@@H](CO)O2)c(=O)[nH]c1=O. The molecule has 1 fully saturated rings. The Hall–Kier alpha value is -1.40. The lowest BCUT2D eigenvalue weighted by molar-refractivity contribution is -0.0314. The van der Waals surface area contributed by atoms with E-state index in [2.05, 4.69) is 4.98 Å². The lowest BCUT2D eigenvalue weighted by Crippen LogP contribution is -2.34. The van der Waals surface area contributed by atoms with E-state index in [1.165, 1.54) is 4.57 Å². The molecule has 0 saturated carbocycles. The van der Waals surface area contributed by atoms with Gasteiger partial charge in [-0.1, -0.05) is 13.8 Å². The molecule has 0 spiro atoms. The number of aromatic nitrogens is 2. The molecule has 0 aliphatic carbocycles. The molecule has 1 saturated heterocycles. The van der Waals surface area contributed by atoms with Gasteiger partial charge in [-0.25, -0.2) is 4.79 Å². The second-order valence-corrected chi connectivity index (χ2v) is 4.70. The van der Waals surface area contributed by atoms with Crippen LogP contribution < -0.4 is 11.2 Å². The zero-order valence-electron chi connectivity index (χ0n) is 10.5. The van der Waals surface area contributed by atoms with Crippen molar-refractivity contribution in [1.82, 2.24) is 9.55 Å². The van der Waals surface area contributed by atoms with Gasteiger partial charge in [0.25, 0.3) is 5.56 Å². The van der Waals surface area contributed by atoms with E-state index < -0.39 is 11.9 Å². The molecule has 6 nitrogen and oxygen atoms in total. The Morgan fingerprint density at radius 2 is 2.28 bits per heavy atom. The predicted molar refractivity (Wildman–Crippen MR) is 65.5 cm³/mol. The van der Waals surface area contributed by atoms with E-state index in [9.17, 15) is 9.59 Å². The van der Waals surface area contributed by atoms with Gasteiger partial charge < -0.3 is 9.84 Å². The van der Waals surface area contributed by atoms with Gasteiger partial charge in [0, 0.05) is 11.8 Å². The van der Waals surface area contributed by atoms with Gasteiger partial charge in [0.2, 0.25) is 0 Å². The average Bonchev–Trinajstić information content (AvgIpc) is 2.70. The van der Waals surface area contributed by atoms with Crippen LogP contribution in [0, 0.1) is 5.92 Å². The quantitative estimate of drug-likeness (QED) is 0.796. The third kappa shape index (κ3) is 2.26. The zero-order valence-corrected chi connectivity index (χ0v) is 10.5. The number of hydrogen-bond donors (Lipinski definition) is 2. The standard InChI is InChI=1S/C12H18N2O4/c1-3-8-5-14(12(17)13-11(8)16)10-4-7(2)9(6-15)18-10/h5,7,9-10,15H,3-4,6H2,1-2H3,(H,13,16,17)/t7-,9+,10+/m0/s1. The van der Waals surface area contributed by atoms with Crippen molar-refractivity contribution in [1.29, 1.82) is 0 Å². The van der Waals surface area contributed by atoms with E-state index in [-0.39, 0.29) is 24.2 Å². The van der Waals surface area contributed by atoms with Crippen LogP contribution in [0.3, 0.4) is 0 Å². The highest BCUT2D eigenvalue weighted by Gasteiger charge is 2.33. The highest BCUT2D eigenvalue weighted by atomic mass is 16.5. The fourth-order valence-corrected chi connectivity index (χ4v) is 2.26. The van der Waals surface area contributed by atoms with E-state index in [4.69, 9.17) is 9.84 Å². The van der Waals surface area contributed by atoms with Crippen molar-refractivity contribution in [2.24, 2.45) is 5.92 Å². The molecule has 0 amide bonds. The van der Waals surface area contributed by atoms with Crippen molar-refractivity contribution < 1.29 is 9.84 Å².